The molecule has 2 aromatic carbocycles. The van der Waals surface area contributed by atoms with Crippen LogP contribution in [0.4, 0.5) is 11.4 Å². The summed E-state index contributed by atoms with van der Waals surface area (Å²) >= 11 is 0. The van der Waals surface area contributed by atoms with Gasteiger partial charge in [-0.25, -0.2) is 0 Å². The number of para-hydroxylation sites is 1. The SMILES string of the molecule is CCNC(=O)C(C)NC(=O)c1ccccc1Nc1cccc(C)c1C. The zero-order chi connectivity index (χ0) is 18.4. The molecule has 0 saturated carbocycles. The van der Waals surface area contributed by atoms with E-state index in [9.17, 15) is 9.59 Å². The highest BCUT2D eigenvalue weighted by Gasteiger charge is 2.18. The topological polar surface area (TPSA) is 70.2 Å². The van der Waals surface area contributed by atoms with Gasteiger partial charge in [0.15, 0.2) is 0 Å². The molecule has 0 aliphatic carbocycles. The van der Waals surface area contributed by atoms with Gasteiger partial charge in [-0.05, 0) is 57.0 Å². The zero-order valence-corrected chi connectivity index (χ0v) is 15.1. The van der Waals surface area contributed by atoms with Crippen LogP contribution in [0, 0.1) is 13.8 Å². The Balaban J connectivity index is 2.21. The Morgan fingerprint density at radius 2 is 1.68 bits per heavy atom. The molecule has 0 aliphatic rings. The highest BCUT2D eigenvalue weighted by molar-refractivity contribution is 6.02. The van der Waals surface area contributed by atoms with E-state index in [1.165, 1.54) is 5.56 Å². The summed E-state index contributed by atoms with van der Waals surface area (Å²) < 4.78 is 0. The Hall–Kier alpha value is -2.82. The maximum Gasteiger partial charge on any atom is 0.254 e. The van der Waals surface area contributed by atoms with E-state index in [1.54, 1.807) is 19.1 Å². The Bertz CT molecular complexity index is 771. The van der Waals surface area contributed by atoms with E-state index in [0.717, 1.165) is 11.3 Å². The van der Waals surface area contributed by atoms with Crippen molar-refractivity contribution < 1.29 is 9.59 Å². The van der Waals surface area contributed by atoms with Crippen molar-refractivity contribution in [3.05, 3.63) is 59.2 Å². The average Bonchev–Trinajstić information content (AvgIpc) is 2.59. The summed E-state index contributed by atoms with van der Waals surface area (Å²) in [6, 6.07) is 12.7. The van der Waals surface area contributed by atoms with E-state index in [0.29, 0.717) is 17.8 Å². The summed E-state index contributed by atoms with van der Waals surface area (Å²) in [6.07, 6.45) is 0. The number of rotatable bonds is 6. The molecule has 5 nitrogen and oxygen atoms in total. The molecule has 3 N–H and O–H groups in total. The summed E-state index contributed by atoms with van der Waals surface area (Å²) in [4.78, 5) is 24.4. The van der Waals surface area contributed by atoms with E-state index in [1.807, 2.05) is 51.1 Å². The average molecular weight is 339 g/mol. The first-order valence-corrected chi connectivity index (χ1v) is 8.44. The lowest BCUT2D eigenvalue weighted by molar-refractivity contribution is -0.122. The second-order valence-corrected chi connectivity index (χ2v) is 6.01. The van der Waals surface area contributed by atoms with Crippen molar-refractivity contribution in [3.8, 4) is 0 Å². The fourth-order valence-corrected chi connectivity index (χ4v) is 2.49. The normalized spacial score (nSPS) is 11.5. The molecule has 0 saturated heterocycles. The van der Waals surface area contributed by atoms with Gasteiger partial charge in [0, 0.05) is 12.2 Å². The van der Waals surface area contributed by atoms with Crippen molar-refractivity contribution in [2.75, 3.05) is 11.9 Å². The number of aryl methyl sites for hydroxylation is 1. The van der Waals surface area contributed by atoms with Gasteiger partial charge in [-0.2, -0.15) is 0 Å². The predicted molar refractivity (Wildman–Crippen MR) is 101 cm³/mol. The summed E-state index contributed by atoms with van der Waals surface area (Å²) in [6.45, 7) is 8.13. The number of hydrogen-bond donors (Lipinski definition) is 3. The van der Waals surface area contributed by atoms with E-state index < -0.39 is 6.04 Å². The van der Waals surface area contributed by atoms with E-state index in [2.05, 4.69) is 16.0 Å². The minimum Gasteiger partial charge on any atom is -0.355 e. The van der Waals surface area contributed by atoms with Crippen molar-refractivity contribution in [2.24, 2.45) is 0 Å². The van der Waals surface area contributed by atoms with Gasteiger partial charge in [-0.15, -0.1) is 0 Å². The van der Waals surface area contributed by atoms with Gasteiger partial charge in [0.25, 0.3) is 5.91 Å². The largest absolute Gasteiger partial charge is 0.355 e. The number of carbonyl (C=O) groups excluding carboxylic acids is 2. The van der Waals surface area contributed by atoms with Crippen molar-refractivity contribution >= 4 is 23.2 Å². The quantitative estimate of drug-likeness (QED) is 0.756. The van der Waals surface area contributed by atoms with Gasteiger partial charge < -0.3 is 16.0 Å². The van der Waals surface area contributed by atoms with Gasteiger partial charge in [-0.1, -0.05) is 24.3 Å². The fraction of sp³-hybridized carbons (Fsp3) is 0.300. The highest BCUT2D eigenvalue weighted by atomic mass is 16.2. The number of nitrogens with one attached hydrogen (secondary N) is 3. The maximum atomic E-state index is 12.6. The molecule has 132 valence electrons. The van der Waals surface area contributed by atoms with E-state index >= 15 is 0 Å². The Morgan fingerprint density at radius 1 is 1.00 bits per heavy atom. The minimum atomic E-state index is -0.596. The molecule has 0 aliphatic heterocycles. The van der Waals surface area contributed by atoms with Crippen LogP contribution in [0.2, 0.25) is 0 Å². The number of likely N-dealkylation sites (N-methyl/N-ethyl adjacent to an activating group) is 1. The lowest BCUT2D eigenvalue weighted by Crippen LogP contribution is -2.44. The Labute approximate surface area is 148 Å². The van der Waals surface area contributed by atoms with Crippen molar-refractivity contribution in [3.63, 3.8) is 0 Å². The van der Waals surface area contributed by atoms with Crippen LogP contribution in [0.1, 0.15) is 35.3 Å². The number of hydrogen-bond acceptors (Lipinski definition) is 3. The molecular formula is C20H25N3O2. The monoisotopic (exact) mass is 339 g/mol. The molecule has 0 fully saturated rings. The molecule has 0 aromatic heterocycles. The molecule has 5 heteroatoms. The van der Waals surface area contributed by atoms with Crippen LogP contribution in [0.5, 0.6) is 0 Å². The molecule has 2 rings (SSSR count). The van der Waals surface area contributed by atoms with Crippen molar-refractivity contribution in [1.29, 1.82) is 0 Å². The third-order valence-corrected chi connectivity index (χ3v) is 4.14. The number of benzene rings is 2. The molecule has 1 unspecified atom stereocenters. The molecule has 2 amide bonds. The molecule has 0 radical (unpaired) electrons. The van der Waals surface area contributed by atoms with E-state index in [-0.39, 0.29) is 11.8 Å². The van der Waals surface area contributed by atoms with Gasteiger partial charge in [-0.3, -0.25) is 9.59 Å². The van der Waals surface area contributed by atoms with Crippen molar-refractivity contribution in [2.45, 2.75) is 33.7 Å². The molecule has 25 heavy (non-hydrogen) atoms. The van der Waals surface area contributed by atoms with Crippen LogP contribution in [0.25, 0.3) is 0 Å². The summed E-state index contributed by atoms with van der Waals surface area (Å²) in [5.41, 5.74) is 4.47. The smallest absolute Gasteiger partial charge is 0.254 e. The summed E-state index contributed by atoms with van der Waals surface area (Å²) in [5.74, 6) is -0.483. The van der Waals surface area contributed by atoms with Crippen LogP contribution in [-0.2, 0) is 4.79 Å². The number of carbonyl (C=O) groups is 2. The van der Waals surface area contributed by atoms with Crippen molar-refractivity contribution in [1.82, 2.24) is 10.6 Å². The highest BCUT2D eigenvalue weighted by Crippen LogP contribution is 2.25. The molecular weight excluding hydrogens is 314 g/mol. The van der Waals surface area contributed by atoms with Gasteiger partial charge in [0.05, 0.1) is 11.3 Å². The van der Waals surface area contributed by atoms with Gasteiger partial charge >= 0.3 is 0 Å². The van der Waals surface area contributed by atoms with Crippen LogP contribution in [0.15, 0.2) is 42.5 Å². The zero-order valence-electron chi connectivity index (χ0n) is 15.1. The second kappa shape index (κ2) is 8.33. The standard InChI is InChI=1S/C20H25N3O2/c1-5-21-19(24)15(4)22-20(25)16-10-6-7-11-18(16)23-17-12-8-9-13(2)14(17)3/h6-12,15,23H,5H2,1-4H3,(H,21,24)(H,22,25). The molecule has 0 heterocycles. The molecule has 0 bridgehead atoms. The molecule has 0 spiro atoms. The minimum absolute atomic E-state index is 0.198. The van der Waals surface area contributed by atoms with Gasteiger partial charge in [0.2, 0.25) is 5.91 Å². The Morgan fingerprint density at radius 3 is 2.40 bits per heavy atom. The summed E-state index contributed by atoms with van der Waals surface area (Å²) in [5, 5.41) is 8.77. The van der Waals surface area contributed by atoms with Crippen LogP contribution >= 0.6 is 0 Å². The predicted octanol–water partition coefficient (Wildman–Crippen LogP) is 3.30. The van der Waals surface area contributed by atoms with Crippen LogP contribution in [0.3, 0.4) is 0 Å². The third kappa shape index (κ3) is 4.59. The van der Waals surface area contributed by atoms with E-state index in [4.69, 9.17) is 0 Å². The first-order valence-electron chi connectivity index (χ1n) is 8.44. The lowest BCUT2D eigenvalue weighted by Gasteiger charge is -2.17. The van der Waals surface area contributed by atoms with Crippen LogP contribution < -0.4 is 16.0 Å². The summed E-state index contributed by atoms with van der Waals surface area (Å²) in [7, 11) is 0. The van der Waals surface area contributed by atoms with Crippen LogP contribution in [-0.4, -0.2) is 24.4 Å². The maximum absolute atomic E-state index is 12.6. The molecule has 1 atom stereocenters. The number of anilines is 2. The number of amides is 2. The van der Waals surface area contributed by atoms with Gasteiger partial charge in [0.1, 0.15) is 6.04 Å². The fourth-order valence-electron chi connectivity index (χ4n) is 2.49. The lowest BCUT2D eigenvalue weighted by atomic mass is 10.1. The second-order valence-electron chi connectivity index (χ2n) is 6.01. The molecule has 2 aromatic rings. The third-order valence-electron chi connectivity index (χ3n) is 4.14. The Kier molecular flexibility index (Phi) is 6.17. The first-order chi connectivity index (χ1) is 11.9. The first kappa shape index (κ1) is 18.5.